The Morgan fingerprint density at radius 2 is 2.05 bits per heavy atom. The summed E-state index contributed by atoms with van der Waals surface area (Å²) in [5, 5.41) is 4.56. The van der Waals surface area contributed by atoms with Crippen molar-refractivity contribution in [3.63, 3.8) is 0 Å². The molecule has 1 N–H and O–H groups in total. The average molecular weight is 274 g/mol. The summed E-state index contributed by atoms with van der Waals surface area (Å²) >= 11 is 0. The van der Waals surface area contributed by atoms with Gasteiger partial charge >= 0.3 is 0 Å². The van der Waals surface area contributed by atoms with E-state index in [4.69, 9.17) is 9.47 Å². The Morgan fingerprint density at radius 3 is 2.85 bits per heavy atom. The molecule has 0 bridgehead atoms. The van der Waals surface area contributed by atoms with Gasteiger partial charge in [-0.3, -0.25) is 4.98 Å². The van der Waals surface area contributed by atoms with Crippen LogP contribution in [-0.4, -0.2) is 39.0 Å². The van der Waals surface area contributed by atoms with Gasteiger partial charge in [0.05, 0.1) is 18.7 Å². The van der Waals surface area contributed by atoms with Gasteiger partial charge in [-0.05, 0) is 31.2 Å². The molecular formula is C16H22N2O2. The third-order valence-corrected chi connectivity index (χ3v) is 3.39. The number of pyridine rings is 1. The van der Waals surface area contributed by atoms with E-state index in [9.17, 15) is 0 Å². The number of ether oxygens (including phenoxy) is 2. The molecule has 4 nitrogen and oxygen atoms in total. The molecule has 4 heteroatoms. The molecule has 20 heavy (non-hydrogen) atoms. The van der Waals surface area contributed by atoms with E-state index in [0.717, 1.165) is 11.9 Å². The van der Waals surface area contributed by atoms with Gasteiger partial charge in [0, 0.05) is 31.3 Å². The van der Waals surface area contributed by atoms with Crippen LogP contribution >= 0.6 is 0 Å². The zero-order valence-electron chi connectivity index (χ0n) is 12.1. The highest BCUT2D eigenvalue weighted by atomic mass is 16.5. The van der Waals surface area contributed by atoms with Crippen LogP contribution in [-0.2, 0) is 9.47 Å². The second-order valence-corrected chi connectivity index (χ2v) is 4.65. The number of rotatable bonds is 8. The van der Waals surface area contributed by atoms with Crippen molar-refractivity contribution in [1.82, 2.24) is 10.3 Å². The number of nitrogens with zero attached hydrogens (tertiary/aromatic N) is 1. The van der Waals surface area contributed by atoms with Gasteiger partial charge in [-0.2, -0.15) is 0 Å². The topological polar surface area (TPSA) is 43.4 Å². The number of methoxy groups -OCH3 is 1. The zero-order chi connectivity index (χ0) is 14.2. The van der Waals surface area contributed by atoms with Crippen LogP contribution in [0, 0.1) is 0 Å². The largest absolute Gasteiger partial charge is 0.382 e. The van der Waals surface area contributed by atoms with Crippen LogP contribution in [0.1, 0.15) is 18.0 Å². The fourth-order valence-electron chi connectivity index (χ4n) is 2.33. The summed E-state index contributed by atoms with van der Waals surface area (Å²) in [7, 11) is 3.66. The van der Waals surface area contributed by atoms with Crippen LogP contribution in [0.2, 0.25) is 0 Å². The van der Waals surface area contributed by atoms with Gasteiger partial charge in [-0.15, -0.1) is 0 Å². The maximum atomic E-state index is 5.56. The molecule has 108 valence electrons. The van der Waals surface area contributed by atoms with Gasteiger partial charge < -0.3 is 14.8 Å². The van der Waals surface area contributed by atoms with E-state index in [-0.39, 0.29) is 6.04 Å². The average Bonchev–Trinajstić information content (AvgIpc) is 2.51. The summed E-state index contributed by atoms with van der Waals surface area (Å²) in [5.74, 6) is 0. The van der Waals surface area contributed by atoms with Crippen molar-refractivity contribution in [2.75, 3.05) is 34.0 Å². The van der Waals surface area contributed by atoms with Crippen LogP contribution in [0.3, 0.4) is 0 Å². The van der Waals surface area contributed by atoms with Gasteiger partial charge in [-0.1, -0.05) is 18.2 Å². The Labute approximate surface area is 120 Å². The van der Waals surface area contributed by atoms with Crippen molar-refractivity contribution in [3.05, 3.63) is 42.1 Å². The normalized spacial score (nSPS) is 12.7. The van der Waals surface area contributed by atoms with Gasteiger partial charge in [0.1, 0.15) is 0 Å². The molecule has 1 heterocycles. The molecule has 0 amide bonds. The van der Waals surface area contributed by atoms with Gasteiger partial charge in [0.2, 0.25) is 0 Å². The summed E-state index contributed by atoms with van der Waals surface area (Å²) in [5.41, 5.74) is 2.30. The summed E-state index contributed by atoms with van der Waals surface area (Å²) in [4.78, 5) is 4.40. The van der Waals surface area contributed by atoms with E-state index < -0.39 is 0 Å². The smallest absolute Gasteiger partial charge is 0.0705 e. The molecule has 1 aromatic heterocycles. The molecule has 0 fully saturated rings. The number of fused-ring (bicyclic) bond motifs is 1. The van der Waals surface area contributed by atoms with E-state index in [1.807, 2.05) is 25.4 Å². The van der Waals surface area contributed by atoms with E-state index in [1.54, 1.807) is 7.11 Å². The first-order valence-electron chi connectivity index (χ1n) is 6.94. The number of hydrogen-bond acceptors (Lipinski definition) is 4. The Bertz CT molecular complexity index is 525. The Balaban J connectivity index is 2.05. The summed E-state index contributed by atoms with van der Waals surface area (Å²) in [6, 6.07) is 10.6. The van der Waals surface area contributed by atoms with Crippen LogP contribution in [0.4, 0.5) is 0 Å². The minimum atomic E-state index is 0.269. The van der Waals surface area contributed by atoms with Crippen molar-refractivity contribution in [2.24, 2.45) is 0 Å². The van der Waals surface area contributed by atoms with E-state index in [2.05, 4.69) is 28.5 Å². The lowest BCUT2D eigenvalue weighted by Gasteiger charge is -2.18. The molecule has 0 aliphatic carbocycles. The highest BCUT2D eigenvalue weighted by Gasteiger charge is 2.12. The second-order valence-electron chi connectivity index (χ2n) is 4.65. The Hall–Kier alpha value is -1.49. The second kappa shape index (κ2) is 7.94. The first-order chi connectivity index (χ1) is 9.86. The molecule has 0 aliphatic heterocycles. The van der Waals surface area contributed by atoms with E-state index in [0.29, 0.717) is 19.8 Å². The number of hydrogen-bond donors (Lipinski definition) is 1. The molecule has 0 saturated carbocycles. The minimum Gasteiger partial charge on any atom is -0.382 e. The highest BCUT2D eigenvalue weighted by Crippen LogP contribution is 2.24. The van der Waals surface area contributed by atoms with Crippen LogP contribution in [0.25, 0.3) is 10.9 Å². The van der Waals surface area contributed by atoms with E-state index in [1.165, 1.54) is 10.9 Å². The molecule has 1 atom stereocenters. The number of nitrogens with one attached hydrogen (secondary N) is 1. The lowest BCUT2D eigenvalue weighted by atomic mass is 9.99. The van der Waals surface area contributed by atoms with Crippen molar-refractivity contribution in [2.45, 2.75) is 12.5 Å². The summed E-state index contributed by atoms with van der Waals surface area (Å²) in [6.45, 7) is 2.00. The lowest BCUT2D eigenvalue weighted by Crippen LogP contribution is -2.19. The highest BCUT2D eigenvalue weighted by molar-refractivity contribution is 5.82. The van der Waals surface area contributed by atoms with Gasteiger partial charge in [0.15, 0.2) is 0 Å². The minimum absolute atomic E-state index is 0.269. The first kappa shape index (κ1) is 14.9. The Kier molecular flexibility index (Phi) is 5.92. The van der Waals surface area contributed by atoms with Gasteiger partial charge in [0.25, 0.3) is 0 Å². The van der Waals surface area contributed by atoms with Crippen LogP contribution in [0.5, 0.6) is 0 Å². The summed E-state index contributed by atoms with van der Waals surface area (Å²) in [6.07, 6.45) is 2.75. The number of benzene rings is 1. The molecule has 1 unspecified atom stereocenters. The van der Waals surface area contributed by atoms with Crippen molar-refractivity contribution in [3.8, 4) is 0 Å². The predicted octanol–water partition coefficient (Wildman–Crippen LogP) is 2.55. The number of aromatic nitrogens is 1. The first-order valence-corrected chi connectivity index (χ1v) is 6.94. The van der Waals surface area contributed by atoms with Crippen molar-refractivity contribution >= 4 is 10.9 Å². The summed E-state index contributed by atoms with van der Waals surface area (Å²) < 4.78 is 10.5. The molecule has 0 radical (unpaired) electrons. The standard InChI is InChI=1S/C16H22N2O2/c1-17-15(8-10-20-12-11-19-2)13-5-3-7-16-14(13)6-4-9-18-16/h3-7,9,15,17H,8,10-12H2,1-2H3. The molecule has 0 aliphatic rings. The zero-order valence-corrected chi connectivity index (χ0v) is 12.1. The Morgan fingerprint density at radius 1 is 1.15 bits per heavy atom. The maximum absolute atomic E-state index is 5.56. The molecule has 2 aromatic rings. The fraction of sp³-hybridized carbons (Fsp3) is 0.438. The molecule has 1 aromatic carbocycles. The fourth-order valence-corrected chi connectivity index (χ4v) is 2.33. The monoisotopic (exact) mass is 274 g/mol. The predicted molar refractivity (Wildman–Crippen MR) is 80.9 cm³/mol. The van der Waals surface area contributed by atoms with Crippen LogP contribution in [0.15, 0.2) is 36.5 Å². The maximum Gasteiger partial charge on any atom is 0.0705 e. The lowest BCUT2D eigenvalue weighted by molar-refractivity contribution is 0.0661. The third-order valence-electron chi connectivity index (χ3n) is 3.39. The molecule has 2 rings (SSSR count). The molecule has 0 spiro atoms. The molecular weight excluding hydrogens is 252 g/mol. The molecule has 0 saturated heterocycles. The third kappa shape index (κ3) is 3.76. The SMILES string of the molecule is CNC(CCOCCOC)c1cccc2ncccc12. The van der Waals surface area contributed by atoms with E-state index >= 15 is 0 Å². The van der Waals surface area contributed by atoms with Gasteiger partial charge in [-0.25, -0.2) is 0 Å². The van der Waals surface area contributed by atoms with Crippen molar-refractivity contribution in [1.29, 1.82) is 0 Å². The quantitative estimate of drug-likeness (QED) is 0.751. The van der Waals surface area contributed by atoms with Crippen molar-refractivity contribution < 1.29 is 9.47 Å². The van der Waals surface area contributed by atoms with Crippen LogP contribution < -0.4 is 5.32 Å².